The van der Waals surface area contributed by atoms with E-state index in [1.54, 1.807) is 74.5 Å². The first kappa shape index (κ1) is 22.2. The van der Waals surface area contributed by atoms with Gasteiger partial charge in [0.15, 0.2) is 0 Å². The van der Waals surface area contributed by atoms with E-state index in [1.807, 2.05) is 0 Å². The van der Waals surface area contributed by atoms with Crippen LogP contribution in [0.25, 0.3) is 0 Å². The molecule has 1 heterocycles. The number of anilines is 3. The average Bonchev–Trinajstić information content (AvgIpc) is 2.94. The Morgan fingerprint density at radius 3 is 1.66 bits per heavy atom. The zero-order valence-electron chi connectivity index (χ0n) is 17.9. The highest BCUT2D eigenvalue weighted by Crippen LogP contribution is 2.40. The third-order valence-corrected chi connectivity index (χ3v) is 9.53. The van der Waals surface area contributed by atoms with Gasteiger partial charge in [-0.3, -0.25) is 8.61 Å². The van der Waals surface area contributed by atoms with Crippen LogP contribution in [0.15, 0.2) is 76.5 Å². The van der Waals surface area contributed by atoms with Crippen LogP contribution in [0.5, 0.6) is 0 Å². The molecule has 7 nitrogen and oxygen atoms in total. The van der Waals surface area contributed by atoms with Gasteiger partial charge in [0, 0.05) is 18.8 Å². The van der Waals surface area contributed by atoms with E-state index in [1.165, 1.54) is 14.7 Å². The highest BCUT2D eigenvalue weighted by atomic mass is 32.2. The largest absolute Gasteiger partial charge is 0.399 e. The molecular formula is C23H25N3O4S2. The van der Waals surface area contributed by atoms with Gasteiger partial charge in [0.1, 0.15) is 0 Å². The Balaban J connectivity index is 1.90. The first-order chi connectivity index (χ1) is 15.1. The van der Waals surface area contributed by atoms with Crippen LogP contribution in [-0.2, 0) is 20.0 Å². The maximum atomic E-state index is 13.6. The molecule has 4 rings (SSSR count). The molecule has 0 amide bonds. The molecule has 3 aromatic rings. The second-order valence-corrected chi connectivity index (χ2v) is 11.4. The maximum Gasteiger partial charge on any atom is 0.264 e. The zero-order valence-corrected chi connectivity index (χ0v) is 19.5. The van der Waals surface area contributed by atoms with E-state index in [9.17, 15) is 16.8 Å². The fourth-order valence-corrected chi connectivity index (χ4v) is 7.46. The van der Waals surface area contributed by atoms with Gasteiger partial charge in [-0.1, -0.05) is 36.4 Å². The molecule has 1 aliphatic heterocycles. The smallest absolute Gasteiger partial charge is 0.264 e. The highest BCUT2D eigenvalue weighted by molar-refractivity contribution is 7.93. The predicted molar refractivity (Wildman–Crippen MR) is 127 cm³/mol. The van der Waals surface area contributed by atoms with Crippen molar-refractivity contribution in [1.29, 1.82) is 0 Å². The number of hydrogen-bond acceptors (Lipinski definition) is 5. The summed E-state index contributed by atoms with van der Waals surface area (Å²) in [6.07, 6.45) is 0.324. The number of sulfonamides is 2. The van der Waals surface area contributed by atoms with Crippen molar-refractivity contribution in [2.24, 2.45) is 0 Å². The minimum absolute atomic E-state index is 0.132. The molecule has 1 aliphatic rings. The number of benzene rings is 3. The summed E-state index contributed by atoms with van der Waals surface area (Å²) < 4.78 is 57.1. The van der Waals surface area contributed by atoms with E-state index in [0.29, 0.717) is 23.2 Å². The van der Waals surface area contributed by atoms with Crippen molar-refractivity contribution in [3.63, 3.8) is 0 Å². The highest BCUT2D eigenvalue weighted by Gasteiger charge is 2.35. The van der Waals surface area contributed by atoms with Crippen LogP contribution in [0.3, 0.4) is 0 Å². The molecule has 0 bridgehead atoms. The average molecular weight is 472 g/mol. The summed E-state index contributed by atoms with van der Waals surface area (Å²) in [6, 6.07) is 18.2. The summed E-state index contributed by atoms with van der Waals surface area (Å²) >= 11 is 0. The van der Waals surface area contributed by atoms with Crippen LogP contribution < -0.4 is 14.3 Å². The summed E-state index contributed by atoms with van der Waals surface area (Å²) in [5.74, 6) is 0. The first-order valence-corrected chi connectivity index (χ1v) is 13.1. The van der Waals surface area contributed by atoms with Gasteiger partial charge in [-0.25, -0.2) is 16.8 Å². The third kappa shape index (κ3) is 3.71. The number of nitrogens with two attached hydrogens (primary N) is 1. The molecular weight excluding hydrogens is 446 g/mol. The molecule has 0 unspecified atom stereocenters. The van der Waals surface area contributed by atoms with Crippen LogP contribution in [-0.4, -0.2) is 29.9 Å². The number of nitrogens with zero attached hydrogens (tertiary/aromatic N) is 2. The quantitative estimate of drug-likeness (QED) is 0.585. The van der Waals surface area contributed by atoms with E-state index in [0.717, 1.165) is 0 Å². The monoisotopic (exact) mass is 471 g/mol. The molecule has 9 heteroatoms. The summed E-state index contributed by atoms with van der Waals surface area (Å²) in [4.78, 5) is 0.376. The van der Waals surface area contributed by atoms with Gasteiger partial charge in [0.2, 0.25) is 0 Å². The molecule has 0 fully saturated rings. The number of fused-ring (bicyclic) bond motifs is 1. The van der Waals surface area contributed by atoms with Crippen LogP contribution in [0, 0.1) is 13.8 Å². The van der Waals surface area contributed by atoms with Gasteiger partial charge in [0.05, 0.1) is 21.2 Å². The molecule has 0 saturated carbocycles. The molecule has 0 spiro atoms. The predicted octanol–water partition coefficient (Wildman–Crippen LogP) is 3.68. The van der Waals surface area contributed by atoms with E-state index >= 15 is 0 Å². The molecule has 0 radical (unpaired) electrons. The standard InChI is InChI=1S/C23H25N3O4S2/c1-17-8-3-5-10-22(17)31(27,28)25-14-7-15-26(21-16-19(24)12-13-20(21)25)32(29,30)23-11-6-4-9-18(23)2/h3-6,8-13,16H,7,14-15,24H2,1-2H3. The van der Waals surface area contributed by atoms with Gasteiger partial charge in [-0.15, -0.1) is 0 Å². The van der Waals surface area contributed by atoms with Crippen LogP contribution in [0.1, 0.15) is 17.5 Å². The minimum atomic E-state index is -3.93. The van der Waals surface area contributed by atoms with Gasteiger partial charge >= 0.3 is 0 Å². The van der Waals surface area contributed by atoms with E-state index < -0.39 is 20.0 Å². The number of hydrogen-bond donors (Lipinski definition) is 1. The van der Waals surface area contributed by atoms with Gasteiger partial charge in [0.25, 0.3) is 20.0 Å². The number of rotatable bonds is 4. The van der Waals surface area contributed by atoms with Crippen molar-refractivity contribution in [3.8, 4) is 0 Å². The third-order valence-electron chi connectivity index (χ3n) is 5.58. The molecule has 0 aliphatic carbocycles. The minimum Gasteiger partial charge on any atom is -0.399 e. The lowest BCUT2D eigenvalue weighted by Gasteiger charge is -2.28. The Kier molecular flexibility index (Phi) is 5.64. The second kappa shape index (κ2) is 8.14. The topological polar surface area (TPSA) is 101 Å². The molecule has 168 valence electrons. The lowest BCUT2D eigenvalue weighted by atomic mass is 10.2. The van der Waals surface area contributed by atoms with E-state index in [-0.39, 0.29) is 34.3 Å². The van der Waals surface area contributed by atoms with Crippen molar-refractivity contribution < 1.29 is 16.8 Å². The lowest BCUT2D eigenvalue weighted by Crippen LogP contribution is -2.32. The Labute approximate surface area is 189 Å². The SMILES string of the molecule is Cc1ccccc1S(=O)(=O)N1CCCN(S(=O)(=O)c2ccccc2C)c2cc(N)ccc21. The van der Waals surface area contributed by atoms with Gasteiger partial charge in [-0.05, 0) is 61.7 Å². The molecule has 0 saturated heterocycles. The normalized spacial score (nSPS) is 14.7. The Hall–Kier alpha value is -3.04. The lowest BCUT2D eigenvalue weighted by molar-refractivity contribution is 0.588. The summed E-state index contributed by atoms with van der Waals surface area (Å²) in [5, 5.41) is 0. The van der Waals surface area contributed by atoms with E-state index in [2.05, 4.69) is 0 Å². The van der Waals surface area contributed by atoms with Gasteiger partial charge < -0.3 is 5.73 Å². The Morgan fingerprint density at radius 2 is 1.16 bits per heavy atom. The van der Waals surface area contributed by atoms with Crippen molar-refractivity contribution in [2.45, 2.75) is 30.1 Å². The fraction of sp³-hybridized carbons (Fsp3) is 0.217. The van der Waals surface area contributed by atoms with Crippen molar-refractivity contribution in [3.05, 3.63) is 77.9 Å². The maximum absolute atomic E-state index is 13.6. The Morgan fingerprint density at radius 1 is 0.688 bits per heavy atom. The van der Waals surface area contributed by atoms with Crippen molar-refractivity contribution in [1.82, 2.24) is 0 Å². The van der Waals surface area contributed by atoms with Crippen LogP contribution >= 0.6 is 0 Å². The molecule has 3 aromatic carbocycles. The Bertz CT molecular complexity index is 1390. The second-order valence-electron chi connectivity index (χ2n) is 7.79. The van der Waals surface area contributed by atoms with Gasteiger partial charge in [-0.2, -0.15) is 0 Å². The summed E-state index contributed by atoms with van der Waals surface area (Å²) in [6.45, 7) is 3.75. The number of aryl methyl sites for hydroxylation is 2. The summed E-state index contributed by atoms with van der Waals surface area (Å²) in [5.41, 5.74) is 8.14. The molecule has 32 heavy (non-hydrogen) atoms. The summed E-state index contributed by atoms with van der Waals surface area (Å²) in [7, 11) is -7.84. The van der Waals surface area contributed by atoms with E-state index in [4.69, 9.17) is 5.73 Å². The van der Waals surface area contributed by atoms with Crippen molar-refractivity contribution in [2.75, 3.05) is 27.4 Å². The molecule has 0 aromatic heterocycles. The fourth-order valence-electron chi connectivity index (χ4n) is 3.98. The van der Waals surface area contributed by atoms with Crippen molar-refractivity contribution >= 4 is 37.1 Å². The molecule has 2 N–H and O–H groups in total. The van der Waals surface area contributed by atoms with Crippen LogP contribution in [0.4, 0.5) is 17.1 Å². The first-order valence-electron chi connectivity index (χ1n) is 10.2. The number of nitrogen functional groups attached to an aromatic ring is 1. The van der Waals surface area contributed by atoms with Crippen LogP contribution in [0.2, 0.25) is 0 Å². The molecule has 0 atom stereocenters. The zero-order chi connectivity index (χ0) is 23.1.